The third kappa shape index (κ3) is 7.06. The number of pyridine rings is 2. The van der Waals surface area contributed by atoms with E-state index in [0.717, 1.165) is 33.2 Å². The second-order valence-electron chi connectivity index (χ2n) is 9.93. The molecule has 0 unspecified atom stereocenters. The van der Waals surface area contributed by atoms with Crippen molar-refractivity contribution in [3.63, 3.8) is 0 Å². The number of benzene rings is 4. The van der Waals surface area contributed by atoms with Crippen LogP contribution in [0, 0.1) is 0 Å². The van der Waals surface area contributed by atoms with Gasteiger partial charge >= 0.3 is 35.5 Å². The third-order valence-electron chi connectivity index (χ3n) is 7.11. The summed E-state index contributed by atoms with van der Waals surface area (Å²) in [4.78, 5) is 21.3. The SMILES string of the molecule is O=C(O)/C(=N\O)C(c1ccc(OCc2ccc3ccccc3n2)cc1)c1ccc(OCc2ccc3ccccc3n2)cc1.[H-].[Na+]. The summed E-state index contributed by atoms with van der Waals surface area (Å²) in [5.41, 5.74) is 4.23. The molecule has 0 atom stereocenters. The molecule has 0 bridgehead atoms. The first-order valence-corrected chi connectivity index (χ1v) is 13.7. The summed E-state index contributed by atoms with van der Waals surface area (Å²) in [7, 11) is 0. The van der Waals surface area contributed by atoms with E-state index >= 15 is 0 Å². The van der Waals surface area contributed by atoms with Gasteiger partial charge in [-0.1, -0.05) is 78.0 Å². The zero-order chi connectivity index (χ0) is 29.6. The predicted molar refractivity (Wildman–Crippen MR) is 165 cm³/mol. The number of hydrogen-bond donors (Lipinski definition) is 2. The molecule has 0 aliphatic rings. The van der Waals surface area contributed by atoms with Gasteiger partial charge in [0.2, 0.25) is 0 Å². The molecule has 4 aromatic carbocycles. The Balaban J connectivity index is 0.00000230. The minimum atomic E-state index is -1.32. The van der Waals surface area contributed by atoms with Crippen LogP contribution >= 0.6 is 0 Å². The monoisotopic (exact) mass is 593 g/mol. The molecule has 9 heteroatoms. The number of nitrogens with zero attached hydrogens (tertiary/aromatic N) is 3. The van der Waals surface area contributed by atoms with E-state index < -0.39 is 17.6 Å². The van der Waals surface area contributed by atoms with Gasteiger partial charge in [0, 0.05) is 10.8 Å². The zero-order valence-corrected chi connectivity index (χ0v) is 26.0. The number of carboxylic acids is 1. The molecule has 0 saturated carbocycles. The smallest absolute Gasteiger partial charge is 1.00 e. The fourth-order valence-electron chi connectivity index (χ4n) is 4.94. The average Bonchev–Trinajstić information content (AvgIpc) is 3.05. The maximum atomic E-state index is 12.0. The number of ether oxygens (including phenoxy) is 2. The van der Waals surface area contributed by atoms with Crippen LogP contribution in [0.15, 0.2) is 126 Å². The number of oxime groups is 1. The first-order chi connectivity index (χ1) is 21.1. The summed E-state index contributed by atoms with van der Waals surface area (Å²) in [6.07, 6.45) is 0. The van der Waals surface area contributed by atoms with Crippen LogP contribution < -0.4 is 39.0 Å². The van der Waals surface area contributed by atoms with Gasteiger partial charge in [0.15, 0.2) is 5.71 Å². The molecule has 0 saturated heterocycles. The van der Waals surface area contributed by atoms with Crippen LogP contribution in [0.2, 0.25) is 0 Å². The summed E-state index contributed by atoms with van der Waals surface area (Å²) in [6.45, 7) is 0.560. The number of carboxylic acid groups (broad SMARTS) is 1. The molecule has 0 aliphatic heterocycles. The van der Waals surface area contributed by atoms with Crippen LogP contribution in [0.4, 0.5) is 0 Å². The second kappa shape index (κ2) is 14.1. The molecule has 0 amide bonds. The van der Waals surface area contributed by atoms with Crippen molar-refractivity contribution in [2.24, 2.45) is 5.16 Å². The number of rotatable bonds is 10. The first-order valence-electron chi connectivity index (χ1n) is 13.7. The molecule has 0 aliphatic carbocycles. The molecular weight excluding hydrogens is 565 g/mol. The van der Waals surface area contributed by atoms with Gasteiger partial charge in [0.1, 0.15) is 24.7 Å². The number of para-hydroxylation sites is 2. The summed E-state index contributed by atoms with van der Waals surface area (Å²) in [5.74, 6) is -0.949. The minimum absolute atomic E-state index is 0. The van der Waals surface area contributed by atoms with Crippen molar-refractivity contribution in [1.82, 2.24) is 9.97 Å². The minimum Gasteiger partial charge on any atom is -1.00 e. The number of aromatic nitrogens is 2. The molecule has 44 heavy (non-hydrogen) atoms. The summed E-state index contributed by atoms with van der Waals surface area (Å²) < 4.78 is 11.9. The summed E-state index contributed by atoms with van der Waals surface area (Å²) in [5, 5.41) is 24.6. The number of carbonyl (C=O) groups is 1. The van der Waals surface area contributed by atoms with Gasteiger partial charge in [0.25, 0.3) is 0 Å². The van der Waals surface area contributed by atoms with Crippen LogP contribution in [0.3, 0.4) is 0 Å². The maximum Gasteiger partial charge on any atom is 1.00 e. The molecule has 0 spiro atoms. The Morgan fingerprint density at radius 1 is 0.659 bits per heavy atom. The van der Waals surface area contributed by atoms with E-state index in [1.165, 1.54) is 0 Å². The van der Waals surface area contributed by atoms with Crippen LogP contribution in [-0.2, 0) is 18.0 Å². The Hall–Kier alpha value is -4.76. The van der Waals surface area contributed by atoms with Crippen LogP contribution in [-0.4, -0.2) is 32.0 Å². The van der Waals surface area contributed by atoms with E-state index in [9.17, 15) is 15.1 Å². The largest absolute Gasteiger partial charge is 1.00 e. The Labute approximate surface area is 277 Å². The Kier molecular flexibility index (Phi) is 9.86. The van der Waals surface area contributed by atoms with Gasteiger partial charge in [0.05, 0.1) is 28.3 Å². The van der Waals surface area contributed by atoms with Gasteiger partial charge in [-0.25, -0.2) is 14.8 Å². The van der Waals surface area contributed by atoms with E-state index in [-0.39, 0.29) is 44.2 Å². The molecule has 2 aromatic heterocycles. The maximum absolute atomic E-state index is 12.0. The summed E-state index contributed by atoms with van der Waals surface area (Å²) >= 11 is 0. The normalized spacial score (nSPS) is 11.3. The van der Waals surface area contributed by atoms with Gasteiger partial charge in [-0.05, 0) is 59.7 Å². The molecule has 214 valence electrons. The van der Waals surface area contributed by atoms with Gasteiger partial charge in [-0.3, -0.25) is 0 Å². The van der Waals surface area contributed by atoms with Gasteiger partial charge in [-0.15, -0.1) is 0 Å². The molecular formula is C35H28N3NaO5. The average molecular weight is 594 g/mol. The van der Waals surface area contributed by atoms with Crippen molar-refractivity contribution in [2.45, 2.75) is 19.1 Å². The molecule has 2 N–H and O–H groups in total. The van der Waals surface area contributed by atoms with E-state index in [4.69, 9.17) is 9.47 Å². The Morgan fingerprint density at radius 3 is 1.50 bits per heavy atom. The molecule has 6 rings (SSSR count). The molecule has 2 heterocycles. The fourth-order valence-corrected chi connectivity index (χ4v) is 4.94. The zero-order valence-electron chi connectivity index (χ0n) is 25.0. The summed E-state index contributed by atoms with van der Waals surface area (Å²) in [6, 6.07) is 37.7. The van der Waals surface area contributed by atoms with Crippen molar-refractivity contribution in [1.29, 1.82) is 0 Å². The van der Waals surface area contributed by atoms with Crippen molar-refractivity contribution in [2.75, 3.05) is 0 Å². The van der Waals surface area contributed by atoms with Crippen molar-refractivity contribution in [3.05, 3.63) is 144 Å². The fraction of sp³-hybridized carbons (Fsp3) is 0.0857. The standard InChI is InChI=1S/C35H27N3O5.Na.H/c39-35(40)34(38-41)33(25-11-17-29(18-12-25)42-21-27-15-9-23-5-1-3-7-31(23)36-27)26-13-19-30(20-14-26)43-22-28-16-10-24-6-2-4-8-32(24)37-28;;/h1-20,33,41H,21-22H2,(H,39,40);;/q;+1;-1/b38-34-;;. The van der Waals surface area contributed by atoms with E-state index in [0.29, 0.717) is 22.6 Å². The van der Waals surface area contributed by atoms with Gasteiger partial charge < -0.3 is 21.2 Å². The molecule has 8 nitrogen and oxygen atoms in total. The number of aliphatic carboxylic acids is 1. The van der Waals surface area contributed by atoms with Crippen LogP contribution in [0.25, 0.3) is 21.8 Å². The van der Waals surface area contributed by atoms with Crippen molar-refractivity contribution < 1.29 is 55.6 Å². The number of hydrogen-bond acceptors (Lipinski definition) is 7. The predicted octanol–water partition coefficient (Wildman–Crippen LogP) is 4.10. The van der Waals surface area contributed by atoms with Crippen molar-refractivity contribution >= 4 is 33.5 Å². The van der Waals surface area contributed by atoms with E-state index in [1.807, 2.05) is 72.8 Å². The molecule has 0 radical (unpaired) electrons. The van der Waals surface area contributed by atoms with E-state index in [1.54, 1.807) is 48.5 Å². The molecule has 6 aromatic rings. The quantitative estimate of drug-likeness (QED) is 0.106. The van der Waals surface area contributed by atoms with E-state index in [2.05, 4.69) is 15.1 Å². The third-order valence-corrected chi connectivity index (χ3v) is 7.11. The van der Waals surface area contributed by atoms with Gasteiger partial charge in [-0.2, -0.15) is 0 Å². The Morgan fingerprint density at radius 2 is 1.09 bits per heavy atom. The second-order valence-corrected chi connectivity index (χ2v) is 9.93. The van der Waals surface area contributed by atoms with Crippen LogP contribution in [0.5, 0.6) is 11.5 Å². The van der Waals surface area contributed by atoms with Crippen molar-refractivity contribution in [3.8, 4) is 11.5 Å². The molecule has 0 fully saturated rings. The first kappa shape index (κ1) is 30.7. The Bertz CT molecular complexity index is 1810. The van der Waals surface area contributed by atoms with Crippen LogP contribution in [0.1, 0.15) is 29.9 Å². The number of fused-ring (bicyclic) bond motifs is 2. The topological polar surface area (TPSA) is 114 Å².